The van der Waals surface area contributed by atoms with Gasteiger partial charge in [-0.15, -0.1) is 0 Å². The second-order valence-electron chi connectivity index (χ2n) is 5.74. The van der Waals surface area contributed by atoms with Crippen LogP contribution in [0.4, 0.5) is 0 Å². The standard InChI is InChI=1S/C18H23N3O2/c22-13-12-20-8-10-21(11-9-20)15-16-4-1-2-6-18(16)23-17-5-3-7-19-14-17/h1-7,14,22H,8-13,15H2. The monoisotopic (exact) mass is 313 g/mol. The Kier molecular flexibility index (Phi) is 5.58. The molecule has 1 aliphatic heterocycles. The first-order chi connectivity index (χ1) is 11.3. The average molecular weight is 313 g/mol. The summed E-state index contributed by atoms with van der Waals surface area (Å²) in [5.41, 5.74) is 1.19. The van der Waals surface area contributed by atoms with Crippen molar-refractivity contribution in [3.8, 4) is 11.5 Å². The summed E-state index contributed by atoms with van der Waals surface area (Å²) >= 11 is 0. The highest BCUT2D eigenvalue weighted by atomic mass is 16.5. The molecule has 0 atom stereocenters. The van der Waals surface area contributed by atoms with Crippen LogP contribution in [-0.2, 0) is 6.54 Å². The van der Waals surface area contributed by atoms with E-state index in [1.165, 1.54) is 5.56 Å². The molecule has 1 aliphatic rings. The number of aliphatic hydroxyl groups excluding tert-OH is 1. The molecule has 0 bridgehead atoms. The number of ether oxygens (including phenoxy) is 1. The Bertz CT molecular complexity index is 598. The minimum absolute atomic E-state index is 0.238. The first kappa shape index (κ1) is 15.9. The van der Waals surface area contributed by atoms with Crippen LogP contribution in [0.1, 0.15) is 5.56 Å². The molecule has 3 rings (SSSR count). The first-order valence-electron chi connectivity index (χ1n) is 8.06. The van der Waals surface area contributed by atoms with E-state index in [2.05, 4.69) is 20.9 Å². The van der Waals surface area contributed by atoms with Gasteiger partial charge in [0.15, 0.2) is 0 Å². The Hall–Kier alpha value is -1.95. The molecule has 0 spiro atoms. The van der Waals surface area contributed by atoms with Gasteiger partial charge in [0.25, 0.3) is 0 Å². The zero-order valence-corrected chi connectivity index (χ0v) is 13.3. The van der Waals surface area contributed by atoms with Crippen LogP contribution in [0.3, 0.4) is 0 Å². The van der Waals surface area contributed by atoms with Crippen LogP contribution in [0.5, 0.6) is 11.5 Å². The number of piperazine rings is 1. The molecule has 0 amide bonds. The third-order valence-electron chi connectivity index (χ3n) is 4.11. The maximum Gasteiger partial charge on any atom is 0.145 e. The van der Waals surface area contributed by atoms with Gasteiger partial charge < -0.3 is 9.84 Å². The maximum absolute atomic E-state index is 9.02. The molecule has 1 N–H and O–H groups in total. The smallest absolute Gasteiger partial charge is 0.145 e. The van der Waals surface area contributed by atoms with Gasteiger partial charge in [0, 0.05) is 51.0 Å². The highest BCUT2D eigenvalue weighted by molar-refractivity contribution is 5.37. The Morgan fingerprint density at radius 2 is 1.78 bits per heavy atom. The van der Waals surface area contributed by atoms with Crippen molar-refractivity contribution in [1.82, 2.24) is 14.8 Å². The predicted octanol–water partition coefficient (Wildman–Crippen LogP) is 1.98. The van der Waals surface area contributed by atoms with E-state index in [1.54, 1.807) is 12.4 Å². The van der Waals surface area contributed by atoms with E-state index in [0.717, 1.165) is 50.8 Å². The number of nitrogens with zero attached hydrogens (tertiary/aromatic N) is 3. The fourth-order valence-electron chi connectivity index (χ4n) is 2.82. The molecule has 2 heterocycles. The molecule has 0 unspecified atom stereocenters. The summed E-state index contributed by atoms with van der Waals surface area (Å²) in [6.07, 6.45) is 3.47. The molecule has 1 fully saturated rings. The van der Waals surface area contributed by atoms with Gasteiger partial charge in [-0.3, -0.25) is 14.8 Å². The molecular formula is C18H23N3O2. The Labute approximate surface area is 137 Å². The largest absolute Gasteiger partial charge is 0.455 e. The van der Waals surface area contributed by atoms with Crippen molar-refractivity contribution in [3.05, 3.63) is 54.4 Å². The average Bonchev–Trinajstić information content (AvgIpc) is 2.60. The Balaban J connectivity index is 1.62. The quantitative estimate of drug-likeness (QED) is 0.884. The van der Waals surface area contributed by atoms with Gasteiger partial charge in [0.2, 0.25) is 0 Å². The van der Waals surface area contributed by atoms with Crippen LogP contribution in [0.25, 0.3) is 0 Å². The van der Waals surface area contributed by atoms with Gasteiger partial charge in [0.05, 0.1) is 12.8 Å². The zero-order valence-electron chi connectivity index (χ0n) is 13.3. The van der Waals surface area contributed by atoms with Crippen LogP contribution in [0.2, 0.25) is 0 Å². The second kappa shape index (κ2) is 8.06. The van der Waals surface area contributed by atoms with E-state index in [-0.39, 0.29) is 6.61 Å². The van der Waals surface area contributed by atoms with Crippen LogP contribution in [0.15, 0.2) is 48.8 Å². The molecule has 122 valence electrons. The van der Waals surface area contributed by atoms with Gasteiger partial charge in [-0.1, -0.05) is 18.2 Å². The van der Waals surface area contributed by atoms with Gasteiger partial charge in [0.1, 0.15) is 11.5 Å². The van der Waals surface area contributed by atoms with Crippen LogP contribution in [-0.4, -0.2) is 59.2 Å². The number of rotatable bonds is 6. The number of pyridine rings is 1. The third kappa shape index (κ3) is 4.51. The van der Waals surface area contributed by atoms with E-state index in [1.807, 2.05) is 30.3 Å². The van der Waals surface area contributed by atoms with Gasteiger partial charge >= 0.3 is 0 Å². The molecule has 5 heteroatoms. The van der Waals surface area contributed by atoms with Crippen molar-refractivity contribution in [2.75, 3.05) is 39.3 Å². The predicted molar refractivity (Wildman–Crippen MR) is 89.6 cm³/mol. The third-order valence-corrected chi connectivity index (χ3v) is 4.11. The number of benzene rings is 1. The molecular weight excluding hydrogens is 290 g/mol. The van der Waals surface area contributed by atoms with E-state index in [0.29, 0.717) is 0 Å². The normalized spacial score (nSPS) is 16.4. The van der Waals surface area contributed by atoms with Crippen LogP contribution in [0, 0.1) is 0 Å². The van der Waals surface area contributed by atoms with E-state index in [9.17, 15) is 0 Å². The minimum atomic E-state index is 0.238. The second-order valence-corrected chi connectivity index (χ2v) is 5.74. The fourth-order valence-corrected chi connectivity index (χ4v) is 2.82. The number of β-amino-alcohol motifs (C(OH)–C–C–N with tert-alkyl or cyclic N) is 1. The highest BCUT2D eigenvalue weighted by Gasteiger charge is 2.17. The lowest BCUT2D eigenvalue weighted by molar-refractivity contribution is 0.108. The van der Waals surface area contributed by atoms with Crippen molar-refractivity contribution in [2.24, 2.45) is 0 Å². The molecule has 1 saturated heterocycles. The van der Waals surface area contributed by atoms with Gasteiger partial charge in [-0.2, -0.15) is 0 Å². The lowest BCUT2D eigenvalue weighted by Gasteiger charge is -2.34. The Morgan fingerprint density at radius 3 is 2.52 bits per heavy atom. The SMILES string of the molecule is OCCN1CCN(Cc2ccccc2Oc2cccnc2)CC1. The van der Waals surface area contributed by atoms with Crippen molar-refractivity contribution < 1.29 is 9.84 Å². The highest BCUT2D eigenvalue weighted by Crippen LogP contribution is 2.25. The summed E-state index contributed by atoms with van der Waals surface area (Å²) in [7, 11) is 0. The van der Waals surface area contributed by atoms with Gasteiger partial charge in [-0.25, -0.2) is 0 Å². The van der Waals surface area contributed by atoms with Crippen LogP contribution < -0.4 is 4.74 Å². The summed E-state index contributed by atoms with van der Waals surface area (Å²) in [6.45, 7) is 5.93. The summed E-state index contributed by atoms with van der Waals surface area (Å²) in [5.74, 6) is 1.64. The molecule has 23 heavy (non-hydrogen) atoms. The summed E-state index contributed by atoms with van der Waals surface area (Å²) in [4.78, 5) is 8.82. The summed E-state index contributed by atoms with van der Waals surface area (Å²) in [5, 5.41) is 9.02. The number of para-hydroxylation sites is 1. The van der Waals surface area contributed by atoms with Crippen molar-refractivity contribution in [1.29, 1.82) is 0 Å². The molecule has 5 nitrogen and oxygen atoms in total. The van der Waals surface area contributed by atoms with Crippen molar-refractivity contribution >= 4 is 0 Å². The fraction of sp³-hybridized carbons (Fsp3) is 0.389. The molecule has 0 aliphatic carbocycles. The number of hydrogen-bond acceptors (Lipinski definition) is 5. The molecule has 1 aromatic heterocycles. The topological polar surface area (TPSA) is 48.8 Å². The molecule has 0 radical (unpaired) electrons. The Morgan fingerprint density at radius 1 is 1.00 bits per heavy atom. The molecule has 0 saturated carbocycles. The minimum Gasteiger partial charge on any atom is -0.455 e. The maximum atomic E-state index is 9.02. The lowest BCUT2D eigenvalue weighted by Crippen LogP contribution is -2.46. The van der Waals surface area contributed by atoms with E-state index in [4.69, 9.17) is 9.84 Å². The molecule has 2 aromatic rings. The van der Waals surface area contributed by atoms with E-state index >= 15 is 0 Å². The summed E-state index contributed by atoms with van der Waals surface area (Å²) < 4.78 is 5.98. The lowest BCUT2D eigenvalue weighted by atomic mass is 10.1. The summed E-state index contributed by atoms with van der Waals surface area (Å²) in [6, 6.07) is 12.0. The van der Waals surface area contributed by atoms with Crippen molar-refractivity contribution in [2.45, 2.75) is 6.54 Å². The van der Waals surface area contributed by atoms with Crippen molar-refractivity contribution in [3.63, 3.8) is 0 Å². The number of hydrogen-bond donors (Lipinski definition) is 1. The first-order valence-corrected chi connectivity index (χ1v) is 8.06. The number of aliphatic hydroxyl groups is 1. The number of aromatic nitrogens is 1. The van der Waals surface area contributed by atoms with E-state index < -0.39 is 0 Å². The molecule has 1 aromatic carbocycles. The van der Waals surface area contributed by atoms with Gasteiger partial charge in [-0.05, 0) is 18.2 Å². The zero-order chi connectivity index (χ0) is 15.9. The van der Waals surface area contributed by atoms with Crippen LogP contribution >= 0.6 is 0 Å².